The molecular formula is C12H18N4O5. The first-order valence-corrected chi connectivity index (χ1v) is 6.41. The minimum absolute atomic E-state index is 0.113. The van der Waals surface area contributed by atoms with Crippen molar-refractivity contribution in [2.45, 2.75) is 39.8 Å². The van der Waals surface area contributed by atoms with Gasteiger partial charge in [0.25, 0.3) is 0 Å². The summed E-state index contributed by atoms with van der Waals surface area (Å²) in [5.41, 5.74) is 0. The van der Waals surface area contributed by atoms with E-state index in [1.54, 1.807) is 0 Å². The van der Waals surface area contributed by atoms with Gasteiger partial charge >= 0.3 is 11.8 Å². The Bertz CT molecular complexity index is 552. The monoisotopic (exact) mass is 298 g/mol. The zero-order valence-electron chi connectivity index (χ0n) is 12.1. The fourth-order valence-corrected chi connectivity index (χ4v) is 1.83. The van der Waals surface area contributed by atoms with Gasteiger partial charge in [0.15, 0.2) is 0 Å². The second kappa shape index (κ2) is 6.82. The minimum atomic E-state index is -1.11. The first kappa shape index (κ1) is 16.6. The molecule has 1 atom stereocenters. The summed E-state index contributed by atoms with van der Waals surface area (Å²) in [6.07, 6.45) is 1.46. The lowest BCUT2D eigenvalue weighted by molar-refractivity contribution is -0.389. The fourth-order valence-electron chi connectivity index (χ4n) is 1.83. The van der Waals surface area contributed by atoms with Gasteiger partial charge in [-0.25, -0.2) is 4.79 Å². The number of hydrogen-bond acceptors (Lipinski definition) is 5. The standard InChI is InChI=1S/C12H18N4O5/c1-7(2)4-9(12(18)19)14-11(17)6-15-5-10(16(20)21)13-8(15)3/h5,7,9H,4,6H2,1-3H3,(H,14,17)(H,18,19). The van der Waals surface area contributed by atoms with Crippen LogP contribution in [0.5, 0.6) is 0 Å². The fraction of sp³-hybridized carbons (Fsp3) is 0.583. The highest BCUT2D eigenvalue weighted by molar-refractivity contribution is 5.83. The number of carbonyl (C=O) groups is 2. The van der Waals surface area contributed by atoms with E-state index >= 15 is 0 Å². The van der Waals surface area contributed by atoms with E-state index in [9.17, 15) is 19.7 Å². The summed E-state index contributed by atoms with van der Waals surface area (Å²) >= 11 is 0. The Hall–Kier alpha value is -2.45. The number of nitro groups is 1. The van der Waals surface area contributed by atoms with Crippen molar-refractivity contribution < 1.29 is 19.6 Å². The molecule has 1 amide bonds. The maximum absolute atomic E-state index is 11.8. The zero-order chi connectivity index (χ0) is 16.2. The highest BCUT2D eigenvalue weighted by atomic mass is 16.6. The van der Waals surface area contributed by atoms with E-state index in [4.69, 9.17) is 5.11 Å². The number of amides is 1. The van der Waals surface area contributed by atoms with Crippen LogP contribution in [0.25, 0.3) is 0 Å². The third kappa shape index (κ3) is 4.86. The number of aryl methyl sites for hydroxylation is 1. The maximum atomic E-state index is 11.8. The first-order chi connectivity index (χ1) is 9.70. The number of carboxylic acid groups (broad SMARTS) is 1. The lowest BCUT2D eigenvalue weighted by Gasteiger charge is -2.16. The van der Waals surface area contributed by atoms with Crippen molar-refractivity contribution >= 4 is 17.7 Å². The molecule has 21 heavy (non-hydrogen) atoms. The SMILES string of the molecule is Cc1nc([N+](=O)[O-])cn1CC(=O)NC(CC(C)C)C(=O)O. The molecule has 9 nitrogen and oxygen atoms in total. The number of aliphatic carboxylic acids is 1. The Morgan fingerprint density at radius 3 is 2.57 bits per heavy atom. The highest BCUT2D eigenvalue weighted by Crippen LogP contribution is 2.10. The topological polar surface area (TPSA) is 127 Å². The second-order valence-corrected chi connectivity index (χ2v) is 5.12. The van der Waals surface area contributed by atoms with Gasteiger partial charge in [-0.2, -0.15) is 0 Å². The molecule has 0 aliphatic rings. The van der Waals surface area contributed by atoms with Crippen molar-refractivity contribution in [2.24, 2.45) is 5.92 Å². The van der Waals surface area contributed by atoms with Gasteiger partial charge in [0.2, 0.25) is 11.7 Å². The third-order valence-corrected chi connectivity index (χ3v) is 2.80. The molecule has 0 spiro atoms. The summed E-state index contributed by atoms with van der Waals surface area (Å²) < 4.78 is 1.31. The van der Waals surface area contributed by atoms with Gasteiger partial charge in [0.1, 0.15) is 18.8 Å². The van der Waals surface area contributed by atoms with E-state index in [2.05, 4.69) is 10.3 Å². The predicted molar refractivity (Wildman–Crippen MR) is 72.6 cm³/mol. The van der Waals surface area contributed by atoms with Crippen LogP contribution < -0.4 is 5.32 Å². The van der Waals surface area contributed by atoms with Crippen LogP contribution in [0.2, 0.25) is 0 Å². The third-order valence-electron chi connectivity index (χ3n) is 2.80. The average molecular weight is 298 g/mol. The number of nitrogens with one attached hydrogen (secondary N) is 1. The summed E-state index contributed by atoms with van der Waals surface area (Å²) in [6.45, 7) is 5.02. The molecule has 0 radical (unpaired) electrons. The van der Waals surface area contributed by atoms with Crippen LogP contribution in [0, 0.1) is 23.0 Å². The molecular weight excluding hydrogens is 280 g/mol. The van der Waals surface area contributed by atoms with Gasteiger partial charge in [0.05, 0.1) is 0 Å². The van der Waals surface area contributed by atoms with Crippen molar-refractivity contribution in [2.75, 3.05) is 0 Å². The molecule has 1 heterocycles. The van der Waals surface area contributed by atoms with Crippen LogP contribution in [0.15, 0.2) is 6.20 Å². The van der Waals surface area contributed by atoms with Gasteiger partial charge < -0.3 is 20.5 Å². The normalized spacial score (nSPS) is 12.2. The van der Waals surface area contributed by atoms with E-state index in [-0.39, 0.29) is 18.3 Å². The molecule has 2 N–H and O–H groups in total. The number of nitrogens with zero attached hydrogens (tertiary/aromatic N) is 3. The van der Waals surface area contributed by atoms with Crippen molar-refractivity contribution in [3.8, 4) is 0 Å². The minimum Gasteiger partial charge on any atom is -0.480 e. The van der Waals surface area contributed by atoms with Gasteiger partial charge in [-0.05, 0) is 22.2 Å². The van der Waals surface area contributed by atoms with Crippen LogP contribution >= 0.6 is 0 Å². The van der Waals surface area contributed by atoms with Gasteiger partial charge in [-0.1, -0.05) is 13.8 Å². The molecule has 1 aromatic heterocycles. The van der Waals surface area contributed by atoms with Crippen molar-refractivity contribution in [3.63, 3.8) is 0 Å². The molecule has 0 fully saturated rings. The van der Waals surface area contributed by atoms with Crippen LogP contribution in [0.1, 0.15) is 26.1 Å². The molecule has 0 bridgehead atoms. The Kier molecular flexibility index (Phi) is 5.39. The Labute approximate surface area is 121 Å². The van der Waals surface area contributed by atoms with Crippen LogP contribution in [-0.2, 0) is 16.1 Å². The molecule has 0 aliphatic carbocycles. The molecule has 1 unspecified atom stereocenters. The van der Waals surface area contributed by atoms with Gasteiger partial charge in [0, 0.05) is 6.92 Å². The van der Waals surface area contributed by atoms with Crippen LogP contribution in [0.3, 0.4) is 0 Å². The lowest BCUT2D eigenvalue weighted by atomic mass is 10.0. The quantitative estimate of drug-likeness (QED) is 0.564. The van der Waals surface area contributed by atoms with Crippen molar-refractivity contribution in [1.29, 1.82) is 0 Å². The summed E-state index contributed by atoms with van der Waals surface area (Å²) in [6, 6.07) is -0.976. The molecule has 0 saturated carbocycles. The molecule has 0 aromatic carbocycles. The Morgan fingerprint density at radius 1 is 1.52 bits per heavy atom. The van der Waals surface area contributed by atoms with Crippen molar-refractivity contribution in [1.82, 2.24) is 14.9 Å². The number of rotatable bonds is 7. The average Bonchev–Trinajstić information content (AvgIpc) is 2.69. The first-order valence-electron chi connectivity index (χ1n) is 6.41. The molecule has 116 valence electrons. The number of imidazole rings is 1. The van der Waals surface area contributed by atoms with E-state index in [0.29, 0.717) is 12.2 Å². The second-order valence-electron chi connectivity index (χ2n) is 5.12. The molecule has 1 rings (SSSR count). The molecule has 0 aliphatic heterocycles. The molecule has 0 saturated heterocycles. The summed E-state index contributed by atoms with van der Waals surface area (Å²) in [5.74, 6) is -1.56. The Balaban J connectivity index is 2.72. The summed E-state index contributed by atoms with van der Waals surface area (Å²) in [7, 11) is 0. The number of carboxylic acids is 1. The van der Waals surface area contributed by atoms with E-state index in [1.165, 1.54) is 11.5 Å². The molecule has 9 heteroatoms. The van der Waals surface area contributed by atoms with Crippen LogP contribution in [-0.4, -0.2) is 37.5 Å². The smallest absolute Gasteiger partial charge is 0.381 e. The van der Waals surface area contributed by atoms with E-state index in [1.807, 2.05) is 13.8 Å². The maximum Gasteiger partial charge on any atom is 0.381 e. The zero-order valence-corrected chi connectivity index (χ0v) is 12.1. The number of hydrogen-bond donors (Lipinski definition) is 2. The number of carbonyl (C=O) groups excluding carboxylic acids is 1. The lowest BCUT2D eigenvalue weighted by Crippen LogP contribution is -2.43. The Morgan fingerprint density at radius 2 is 2.14 bits per heavy atom. The summed E-state index contributed by atoms with van der Waals surface area (Å²) in [4.78, 5) is 36.5. The van der Waals surface area contributed by atoms with E-state index < -0.39 is 22.8 Å². The highest BCUT2D eigenvalue weighted by Gasteiger charge is 2.22. The van der Waals surface area contributed by atoms with Crippen molar-refractivity contribution in [3.05, 3.63) is 22.1 Å². The van der Waals surface area contributed by atoms with Gasteiger partial charge in [-0.3, -0.25) is 9.36 Å². The predicted octanol–water partition coefficient (Wildman–Crippen LogP) is 0.715. The number of aromatic nitrogens is 2. The van der Waals surface area contributed by atoms with E-state index in [0.717, 1.165) is 6.20 Å². The largest absolute Gasteiger partial charge is 0.480 e. The van der Waals surface area contributed by atoms with Gasteiger partial charge in [-0.15, -0.1) is 0 Å². The summed E-state index contributed by atoms with van der Waals surface area (Å²) in [5, 5.41) is 22.0. The molecule has 1 aromatic rings. The van der Waals surface area contributed by atoms with Crippen LogP contribution in [0.4, 0.5) is 5.82 Å².